The summed E-state index contributed by atoms with van der Waals surface area (Å²) in [5, 5.41) is 0. The highest BCUT2D eigenvalue weighted by Gasteiger charge is 2.41. The Bertz CT molecular complexity index is 897. The Labute approximate surface area is 177 Å². The van der Waals surface area contributed by atoms with Gasteiger partial charge in [-0.3, -0.25) is 4.79 Å². The molecule has 160 valence electrons. The minimum atomic E-state index is 0.0218. The zero-order chi connectivity index (χ0) is 21.3. The highest BCUT2D eigenvalue weighted by Crippen LogP contribution is 2.36. The van der Waals surface area contributed by atoms with E-state index in [9.17, 15) is 4.79 Å². The fraction of sp³-hybridized carbons (Fsp3) is 0.500. The predicted molar refractivity (Wildman–Crippen MR) is 116 cm³/mol. The largest absolute Gasteiger partial charge is 0.497 e. The number of fused-ring (bicyclic) bond motifs is 1. The molecule has 2 fully saturated rings. The van der Waals surface area contributed by atoms with Crippen molar-refractivity contribution in [1.29, 1.82) is 0 Å². The molecule has 2 aromatic rings. The molecule has 1 aromatic carbocycles. The van der Waals surface area contributed by atoms with Crippen LogP contribution in [0.4, 0.5) is 11.6 Å². The van der Waals surface area contributed by atoms with Crippen molar-refractivity contribution in [3.05, 3.63) is 36.2 Å². The molecule has 1 aromatic heterocycles. The normalized spacial score (nSPS) is 20.7. The number of benzene rings is 1. The van der Waals surface area contributed by atoms with E-state index in [1.165, 1.54) is 0 Å². The Balaban J connectivity index is 1.58. The van der Waals surface area contributed by atoms with Crippen LogP contribution in [0.3, 0.4) is 0 Å². The number of ether oxygens (including phenoxy) is 2. The Morgan fingerprint density at radius 3 is 2.37 bits per heavy atom. The molecular formula is C22H29N5O3. The number of hydrogen-bond donors (Lipinski definition) is 0. The fourth-order valence-corrected chi connectivity index (χ4v) is 4.54. The molecule has 0 radical (unpaired) electrons. The number of amides is 1. The third kappa shape index (κ3) is 3.74. The van der Waals surface area contributed by atoms with Crippen LogP contribution < -0.4 is 19.3 Å². The summed E-state index contributed by atoms with van der Waals surface area (Å²) in [4.78, 5) is 28.8. The molecular weight excluding hydrogens is 382 g/mol. The smallest absolute Gasteiger partial charge is 0.254 e. The number of aromatic nitrogens is 2. The lowest BCUT2D eigenvalue weighted by atomic mass is 9.92. The van der Waals surface area contributed by atoms with Crippen LogP contribution >= 0.6 is 0 Å². The first-order chi connectivity index (χ1) is 14.5. The van der Waals surface area contributed by atoms with E-state index in [-0.39, 0.29) is 11.9 Å². The highest BCUT2D eigenvalue weighted by molar-refractivity contribution is 5.95. The molecule has 2 unspecified atom stereocenters. The van der Waals surface area contributed by atoms with Gasteiger partial charge in [-0.1, -0.05) is 0 Å². The first-order valence-electron chi connectivity index (χ1n) is 10.3. The first kappa shape index (κ1) is 20.3. The van der Waals surface area contributed by atoms with Gasteiger partial charge in [-0.25, -0.2) is 9.97 Å². The Morgan fingerprint density at radius 1 is 1.03 bits per heavy atom. The number of anilines is 2. The maximum atomic E-state index is 13.4. The topological polar surface area (TPSA) is 71.0 Å². The van der Waals surface area contributed by atoms with Crippen LogP contribution in [0.25, 0.3) is 0 Å². The van der Waals surface area contributed by atoms with Crippen LogP contribution in [0.5, 0.6) is 11.5 Å². The number of piperidine rings is 1. The zero-order valence-electron chi connectivity index (χ0n) is 18.0. The molecule has 0 bridgehead atoms. The van der Waals surface area contributed by atoms with E-state index in [1.807, 2.05) is 23.9 Å². The number of carbonyl (C=O) groups is 1. The molecule has 0 aliphatic carbocycles. The molecule has 8 heteroatoms. The Hall–Kier alpha value is -3.03. The van der Waals surface area contributed by atoms with E-state index >= 15 is 0 Å². The molecule has 2 aliphatic rings. The van der Waals surface area contributed by atoms with Gasteiger partial charge in [0.1, 0.15) is 11.5 Å². The van der Waals surface area contributed by atoms with E-state index in [0.29, 0.717) is 23.0 Å². The molecule has 0 saturated carbocycles. The minimum Gasteiger partial charge on any atom is -0.497 e. The van der Waals surface area contributed by atoms with E-state index in [0.717, 1.165) is 44.1 Å². The van der Waals surface area contributed by atoms with Crippen LogP contribution in [0.2, 0.25) is 0 Å². The fourth-order valence-electron chi connectivity index (χ4n) is 4.54. The average molecular weight is 412 g/mol. The van der Waals surface area contributed by atoms with Gasteiger partial charge in [0.2, 0.25) is 0 Å². The zero-order valence-corrected chi connectivity index (χ0v) is 18.0. The van der Waals surface area contributed by atoms with Gasteiger partial charge >= 0.3 is 0 Å². The molecule has 2 saturated heterocycles. The van der Waals surface area contributed by atoms with Crippen LogP contribution in [0.1, 0.15) is 23.2 Å². The van der Waals surface area contributed by atoms with Gasteiger partial charge in [-0.2, -0.15) is 0 Å². The summed E-state index contributed by atoms with van der Waals surface area (Å²) in [6, 6.07) is 5.50. The Kier molecular flexibility index (Phi) is 5.65. The van der Waals surface area contributed by atoms with Gasteiger partial charge < -0.3 is 24.2 Å². The molecule has 2 aliphatic heterocycles. The summed E-state index contributed by atoms with van der Waals surface area (Å²) in [6.07, 6.45) is 5.52. The number of carbonyl (C=O) groups excluding carboxylic acids is 1. The second kappa shape index (κ2) is 8.38. The SMILES string of the molecule is COc1cc(OC)cc(C(=O)N2CCC3CCN(c4nccnc4N(C)C)CC32)c1. The van der Waals surface area contributed by atoms with Crippen molar-refractivity contribution in [2.75, 3.05) is 57.7 Å². The maximum Gasteiger partial charge on any atom is 0.254 e. The van der Waals surface area contributed by atoms with Crippen molar-refractivity contribution < 1.29 is 14.3 Å². The Morgan fingerprint density at radius 2 is 1.70 bits per heavy atom. The van der Waals surface area contributed by atoms with Crippen molar-refractivity contribution in [2.24, 2.45) is 5.92 Å². The number of nitrogens with zero attached hydrogens (tertiary/aromatic N) is 5. The lowest BCUT2D eigenvalue weighted by Crippen LogP contribution is -2.50. The van der Waals surface area contributed by atoms with Crippen LogP contribution in [-0.4, -0.2) is 74.8 Å². The first-order valence-corrected chi connectivity index (χ1v) is 10.3. The van der Waals surface area contributed by atoms with Gasteiger partial charge in [0.05, 0.1) is 20.3 Å². The predicted octanol–water partition coefficient (Wildman–Crippen LogP) is 2.30. The molecule has 2 atom stereocenters. The summed E-state index contributed by atoms with van der Waals surface area (Å²) in [5.74, 6) is 3.50. The lowest BCUT2D eigenvalue weighted by molar-refractivity contribution is 0.0711. The third-order valence-electron chi connectivity index (χ3n) is 6.11. The van der Waals surface area contributed by atoms with Crippen LogP contribution in [0.15, 0.2) is 30.6 Å². The van der Waals surface area contributed by atoms with Crippen molar-refractivity contribution in [3.63, 3.8) is 0 Å². The summed E-state index contributed by atoms with van der Waals surface area (Å²) in [7, 11) is 7.14. The quantitative estimate of drug-likeness (QED) is 0.748. The van der Waals surface area contributed by atoms with E-state index < -0.39 is 0 Å². The number of hydrogen-bond acceptors (Lipinski definition) is 7. The molecule has 8 nitrogen and oxygen atoms in total. The van der Waals surface area contributed by atoms with Gasteiger partial charge in [-0.05, 0) is 30.9 Å². The summed E-state index contributed by atoms with van der Waals surface area (Å²) in [6.45, 7) is 2.45. The molecule has 0 N–H and O–H groups in total. The van der Waals surface area contributed by atoms with Crippen LogP contribution in [-0.2, 0) is 0 Å². The van der Waals surface area contributed by atoms with Gasteiger partial charge in [-0.15, -0.1) is 0 Å². The number of methoxy groups -OCH3 is 2. The molecule has 1 amide bonds. The molecule has 30 heavy (non-hydrogen) atoms. The number of rotatable bonds is 5. The molecule has 0 spiro atoms. The average Bonchev–Trinajstić information content (AvgIpc) is 3.21. The van der Waals surface area contributed by atoms with Crippen LogP contribution in [0, 0.1) is 5.92 Å². The van der Waals surface area contributed by atoms with Crippen molar-refractivity contribution in [2.45, 2.75) is 18.9 Å². The van der Waals surface area contributed by atoms with Gasteiger partial charge in [0, 0.05) is 57.8 Å². The van der Waals surface area contributed by atoms with Crippen molar-refractivity contribution >= 4 is 17.5 Å². The summed E-state index contributed by atoms with van der Waals surface area (Å²) in [5.41, 5.74) is 0.595. The summed E-state index contributed by atoms with van der Waals surface area (Å²) < 4.78 is 10.7. The highest BCUT2D eigenvalue weighted by atomic mass is 16.5. The monoisotopic (exact) mass is 411 g/mol. The van der Waals surface area contributed by atoms with Crippen molar-refractivity contribution in [3.8, 4) is 11.5 Å². The third-order valence-corrected chi connectivity index (χ3v) is 6.11. The van der Waals surface area contributed by atoms with E-state index in [1.54, 1.807) is 44.8 Å². The molecule has 4 rings (SSSR count). The van der Waals surface area contributed by atoms with Gasteiger partial charge in [0.25, 0.3) is 5.91 Å². The van der Waals surface area contributed by atoms with Gasteiger partial charge in [0.15, 0.2) is 11.6 Å². The molecule has 3 heterocycles. The maximum absolute atomic E-state index is 13.4. The van der Waals surface area contributed by atoms with E-state index in [2.05, 4.69) is 14.9 Å². The standard InChI is InChI=1S/C22H29N5O3/c1-25(2)20-21(24-8-7-23-20)26-9-5-15-6-10-27(19(15)14-26)22(28)16-11-17(29-3)13-18(12-16)30-4/h7-8,11-13,15,19H,5-6,9-10,14H2,1-4H3. The number of likely N-dealkylation sites (tertiary alicyclic amines) is 1. The van der Waals surface area contributed by atoms with Crippen molar-refractivity contribution in [1.82, 2.24) is 14.9 Å². The second-order valence-corrected chi connectivity index (χ2v) is 8.05. The lowest BCUT2D eigenvalue weighted by Gasteiger charge is -2.39. The second-order valence-electron chi connectivity index (χ2n) is 8.05. The van der Waals surface area contributed by atoms with E-state index in [4.69, 9.17) is 9.47 Å². The minimum absolute atomic E-state index is 0.0218. The summed E-state index contributed by atoms with van der Waals surface area (Å²) >= 11 is 0.